The van der Waals surface area contributed by atoms with Gasteiger partial charge in [-0.3, -0.25) is 0 Å². The minimum atomic E-state index is 0.458. The van der Waals surface area contributed by atoms with E-state index in [2.05, 4.69) is 30.2 Å². The van der Waals surface area contributed by atoms with Gasteiger partial charge in [0.2, 0.25) is 0 Å². The van der Waals surface area contributed by atoms with Crippen LogP contribution >= 0.6 is 11.3 Å². The molecule has 0 saturated carbocycles. The van der Waals surface area contributed by atoms with E-state index in [0.717, 1.165) is 18.0 Å². The summed E-state index contributed by atoms with van der Waals surface area (Å²) in [6.07, 6.45) is 8.03. The molecule has 0 unspecified atom stereocenters. The van der Waals surface area contributed by atoms with Crippen molar-refractivity contribution >= 4 is 11.3 Å². The summed E-state index contributed by atoms with van der Waals surface area (Å²) in [6, 6.07) is 2.78. The first kappa shape index (κ1) is 13.8. The highest BCUT2D eigenvalue weighted by atomic mass is 32.1. The largest absolute Gasteiger partial charge is 0.442 e. The Balaban J connectivity index is 1.84. The van der Waals surface area contributed by atoms with E-state index < -0.39 is 0 Å². The van der Waals surface area contributed by atoms with Gasteiger partial charge in [0.1, 0.15) is 5.69 Å². The fourth-order valence-corrected chi connectivity index (χ4v) is 3.94. The Morgan fingerprint density at radius 1 is 1.30 bits per heavy atom. The Hall–Kier alpha value is -1.13. The molecular weight excluding hydrogens is 268 g/mol. The van der Waals surface area contributed by atoms with Gasteiger partial charge < -0.3 is 9.73 Å². The number of nitrogens with zero attached hydrogens (tertiary/aromatic N) is 1. The number of aromatic nitrogens is 1. The maximum Gasteiger partial charge on any atom is 0.181 e. The number of nitrogens with one attached hydrogen (secondary N) is 1. The van der Waals surface area contributed by atoms with Gasteiger partial charge >= 0.3 is 0 Å². The van der Waals surface area contributed by atoms with Gasteiger partial charge in [0.25, 0.3) is 0 Å². The summed E-state index contributed by atoms with van der Waals surface area (Å²) in [5.74, 6) is 0.955. The zero-order chi connectivity index (χ0) is 13.9. The number of thiophene rings is 1. The summed E-state index contributed by atoms with van der Waals surface area (Å²) < 4.78 is 5.65. The van der Waals surface area contributed by atoms with Crippen LogP contribution in [0.25, 0.3) is 10.6 Å². The fourth-order valence-electron chi connectivity index (χ4n) is 2.68. The molecule has 2 aromatic rings. The van der Waals surface area contributed by atoms with Gasteiger partial charge in [0.05, 0.1) is 4.88 Å². The van der Waals surface area contributed by atoms with Crippen molar-refractivity contribution in [2.45, 2.75) is 58.5 Å². The second kappa shape index (κ2) is 6.10. The Bertz CT molecular complexity index is 547. The van der Waals surface area contributed by atoms with Crippen molar-refractivity contribution in [3.05, 3.63) is 28.6 Å². The molecule has 1 aliphatic rings. The van der Waals surface area contributed by atoms with Crippen molar-refractivity contribution in [2.75, 3.05) is 0 Å². The summed E-state index contributed by atoms with van der Waals surface area (Å²) in [7, 11) is 0. The van der Waals surface area contributed by atoms with Crippen LogP contribution in [-0.4, -0.2) is 11.0 Å². The first-order valence-corrected chi connectivity index (χ1v) is 8.33. The molecule has 0 fully saturated rings. The first-order valence-electron chi connectivity index (χ1n) is 7.51. The Kier molecular flexibility index (Phi) is 4.22. The van der Waals surface area contributed by atoms with Crippen LogP contribution in [0.4, 0.5) is 0 Å². The highest BCUT2D eigenvalue weighted by Gasteiger charge is 2.18. The summed E-state index contributed by atoms with van der Waals surface area (Å²) in [5.41, 5.74) is 2.55. The smallest absolute Gasteiger partial charge is 0.181 e. The molecule has 0 atom stereocenters. The average molecular weight is 290 g/mol. The molecule has 108 valence electrons. The van der Waals surface area contributed by atoms with E-state index in [1.54, 1.807) is 11.3 Å². The summed E-state index contributed by atoms with van der Waals surface area (Å²) in [6.45, 7) is 5.06. The van der Waals surface area contributed by atoms with Crippen LogP contribution in [0.3, 0.4) is 0 Å². The van der Waals surface area contributed by atoms with E-state index in [0.29, 0.717) is 6.04 Å². The number of fused-ring (bicyclic) bond motifs is 1. The number of aryl methyl sites for hydroxylation is 2. The van der Waals surface area contributed by atoms with Crippen LogP contribution in [0.15, 0.2) is 16.9 Å². The monoisotopic (exact) mass is 290 g/mol. The highest BCUT2D eigenvalue weighted by Crippen LogP contribution is 2.36. The number of hydrogen-bond acceptors (Lipinski definition) is 4. The molecule has 1 aliphatic carbocycles. The molecule has 0 bridgehead atoms. The van der Waals surface area contributed by atoms with E-state index >= 15 is 0 Å². The molecule has 0 radical (unpaired) electrons. The second-order valence-electron chi connectivity index (χ2n) is 5.78. The molecule has 20 heavy (non-hydrogen) atoms. The first-order chi connectivity index (χ1) is 9.74. The number of oxazole rings is 1. The van der Waals surface area contributed by atoms with Gasteiger partial charge in [0, 0.05) is 17.5 Å². The molecule has 0 saturated heterocycles. The van der Waals surface area contributed by atoms with Gasteiger partial charge in [0.15, 0.2) is 12.2 Å². The Morgan fingerprint density at radius 2 is 2.15 bits per heavy atom. The molecule has 1 N–H and O–H groups in total. The maximum atomic E-state index is 5.65. The highest BCUT2D eigenvalue weighted by molar-refractivity contribution is 7.15. The van der Waals surface area contributed by atoms with Gasteiger partial charge in [-0.1, -0.05) is 20.3 Å². The zero-order valence-corrected chi connectivity index (χ0v) is 13.1. The minimum absolute atomic E-state index is 0.458. The zero-order valence-electron chi connectivity index (χ0n) is 12.2. The van der Waals surface area contributed by atoms with Crippen LogP contribution in [0.1, 0.15) is 49.2 Å². The molecule has 0 spiro atoms. The fraction of sp³-hybridized carbons (Fsp3) is 0.562. The van der Waals surface area contributed by atoms with Crippen LogP contribution in [0.2, 0.25) is 0 Å². The molecule has 2 aromatic heterocycles. The quantitative estimate of drug-likeness (QED) is 0.859. The van der Waals surface area contributed by atoms with E-state index in [4.69, 9.17) is 4.42 Å². The molecule has 0 aliphatic heterocycles. The SMILES string of the molecule is CC(C)NCc1ncoc1-c1cc2c(s1)CCCCC2. The lowest BCUT2D eigenvalue weighted by atomic mass is 10.1. The molecule has 3 rings (SSSR count). The molecule has 0 amide bonds. The van der Waals surface area contributed by atoms with Crippen molar-refractivity contribution < 1.29 is 4.42 Å². The van der Waals surface area contributed by atoms with Gasteiger partial charge in [-0.25, -0.2) is 4.98 Å². The third-order valence-electron chi connectivity index (χ3n) is 3.79. The molecule has 4 heteroatoms. The lowest BCUT2D eigenvalue weighted by Gasteiger charge is -2.06. The topological polar surface area (TPSA) is 38.1 Å². The normalized spacial score (nSPS) is 15.3. The van der Waals surface area contributed by atoms with Crippen molar-refractivity contribution in [1.29, 1.82) is 0 Å². The van der Waals surface area contributed by atoms with E-state index in [1.807, 2.05) is 11.3 Å². The van der Waals surface area contributed by atoms with Crippen LogP contribution in [0, 0.1) is 0 Å². The standard InChI is InChI=1S/C16H22N2OS/c1-11(2)17-9-13-16(19-10-18-13)15-8-12-6-4-3-5-7-14(12)20-15/h8,10-11,17H,3-7,9H2,1-2H3. The predicted octanol–water partition coefficient (Wildman–Crippen LogP) is 4.17. The Labute approximate surface area is 124 Å². The van der Waals surface area contributed by atoms with Crippen molar-refractivity contribution in [1.82, 2.24) is 10.3 Å². The van der Waals surface area contributed by atoms with Crippen molar-refractivity contribution in [3.63, 3.8) is 0 Å². The number of hydrogen-bond donors (Lipinski definition) is 1. The molecular formula is C16H22N2OS. The average Bonchev–Trinajstić information content (AvgIpc) is 2.98. The van der Waals surface area contributed by atoms with E-state index in [-0.39, 0.29) is 0 Å². The van der Waals surface area contributed by atoms with Crippen LogP contribution in [0.5, 0.6) is 0 Å². The van der Waals surface area contributed by atoms with E-state index in [1.165, 1.54) is 42.5 Å². The molecule has 3 nitrogen and oxygen atoms in total. The third kappa shape index (κ3) is 2.96. The predicted molar refractivity (Wildman–Crippen MR) is 83.1 cm³/mol. The van der Waals surface area contributed by atoms with Crippen molar-refractivity contribution in [2.24, 2.45) is 0 Å². The van der Waals surface area contributed by atoms with E-state index in [9.17, 15) is 0 Å². The summed E-state index contributed by atoms with van der Waals surface area (Å²) in [5, 5.41) is 3.41. The molecule has 0 aromatic carbocycles. The lowest BCUT2D eigenvalue weighted by molar-refractivity contribution is 0.564. The van der Waals surface area contributed by atoms with Gasteiger partial charge in [-0.05, 0) is 37.3 Å². The van der Waals surface area contributed by atoms with Crippen molar-refractivity contribution in [3.8, 4) is 10.6 Å². The molecule has 2 heterocycles. The van der Waals surface area contributed by atoms with Gasteiger partial charge in [-0.2, -0.15) is 0 Å². The third-order valence-corrected chi connectivity index (χ3v) is 5.03. The van der Waals surface area contributed by atoms with Crippen LogP contribution < -0.4 is 5.32 Å². The summed E-state index contributed by atoms with van der Waals surface area (Å²) in [4.78, 5) is 7.16. The maximum absolute atomic E-state index is 5.65. The van der Waals surface area contributed by atoms with Crippen LogP contribution in [-0.2, 0) is 19.4 Å². The minimum Gasteiger partial charge on any atom is -0.442 e. The lowest BCUT2D eigenvalue weighted by Crippen LogP contribution is -2.22. The second-order valence-corrected chi connectivity index (χ2v) is 6.92. The Morgan fingerprint density at radius 3 is 3.00 bits per heavy atom. The van der Waals surface area contributed by atoms with Gasteiger partial charge in [-0.15, -0.1) is 11.3 Å². The summed E-state index contributed by atoms with van der Waals surface area (Å²) >= 11 is 1.89. The number of rotatable bonds is 4.